The predicted molar refractivity (Wildman–Crippen MR) is 97.0 cm³/mol. The lowest BCUT2D eigenvalue weighted by Gasteiger charge is -2.21. The van der Waals surface area contributed by atoms with Crippen LogP contribution in [0.1, 0.15) is 56.9 Å². The molecule has 1 amide bonds. The van der Waals surface area contributed by atoms with Crippen molar-refractivity contribution in [1.82, 2.24) is 4.72 Å². The number of hydrogen-bond donors (Lipinski definition) is 1. The van der Waals surface area contributed by atoms with E-state index in [1.54, 1.807) is 12.1 Å². The van der Waals surface area contributed by atoms with E-state index in [1.165, 1.54) is 0 Å². The highest BCUT2D eigenvalue weighted by molar-refractivity contribution is 7.89. The molecule has 1 heterocycles. The molecule has 1 N–H and O–H groups in total. The summed E-state index contributed by atoms with van der Waals surface area (Å²) in [6.07, 6.45) is 9.03. The van der Waals surface area contributed by atoms with E-state index < -0.39 is 10.0 Å². The van der Waals surface area contributed by atoms with E-state index in [0.29, 0.717) is 11.4 Å². The molecule has 0 atom stereocenters. The van der Waals surface area contributed by atoms with E-state index >= 15 is 0 Å². The van der Waals surface area contributed by atoms with Gasteiger partial charge in [0.05, 0.1) is 4.90 Å². The Kier molecular flexibility index (Phi) is 4.58. The minimum absolute atomic E-state index is 0.0682. The van der Waals surface area contributed by atoms with E-state index in [4.69, 9.17) is 0 Å². The van der Waals surface area contributed by atoms with Crippen LogP contribution in [0.3, 0.4) is 0 Å². The fourth-order valence-electron chi connectivity index (χ4n) is 4.50. The summed E-state index contributed by atoms with van der Waals surface area (Å²) in [5, 5.41) is 0. The van der Waals surface area contributed by atoms with Crippen LogP contribution < -0.4 is 9.62 Å². The van der Waals surface area contributed by atoms with Crippen molar-refractivity contribution < 1.29 is 13.2 Å². The monoisotopic (exact) mass is 362 g/mol. The molecule has 4 rings (SSSR count). The number of anilines is 1. The average Bonchev–Trinajstić information content (AvgIpc) is 3.34. The Morgan fingerprint density at radius 2 is 1.72 bits per heavy atom. The van der Waals surface area contributed by atoms with Crippen molar-refractivity contribution in [3.8, 4) is 0 Å². The molecule has 136 valence electrons. The largest absolute Gasteiger partial charge is 0.312 e. The molecule has 0 radical (unpaired) electrons. The van der Waals surface area contributed by atoms with Gasteiger partial charge in [-0.3, -0.25) is 4.79 Å². The summed E-state index contributed by atoms with van der Waals surface area (Å²) in [5.41, 5.74) is 1.87. The molecule has 2 saturated carbocycles. The van der Waals surface area contributed by atoms with Crippen molar-refractivity contribution >= 4 is 21.6 Å². The van der Waals surface area contributed by atoms with Crippen LogP contribution in [0.2, 0.25) is 0 Å². The highest BCUT2D eigenvalue weighted by atomic mass is 32.2. The van der Waals surface area contributed by atoms with Crippen molar-refractivity contribution in [2.75, 3.05) is 11.4 Å². The smallest absolute Gasteiger partial charge is 0.240 e. The molecule has 25 heavy (non-hydrogen) atoms. The Hall–Kier alpha value is -1.40. The van der Waals surface area contributed by atoms with Gasteiger partial charge in [0.15, 0.2) is 0 Å². The molecule has 1 aliphatic heterocycles. The number of hydrogen-bond acceptors (Lipinski definition) is 3. The van der Waals surface area contributed by atoms with Crippen molar-refractivity contribution in [3.05, 3.63) is 23.8 Å². The van der Waals surface area contributed by atoms with Crippen molar-refractivity contribution in [2.45, 2.75) is 68.7 Å². The minimum atomic E-state index is -3.47. The Morgan fingerprint density at radius 1 is 1.04 bits per heavy atom. The number of rotatable bonds is 4. The fraction of sp³-hybridized carbons (Fsp3) is 0.632. The van der Waals surface area contributed by atoms with Crippen LogP contribution in [0.5, 0.6) is 0 Å². The Labute approximate surface area is 149 Å². The third-order valence-corrected chi connectivity index (χ3v) is 7.42. The lowest BCUT2D eigenvalue weighted by molar-refractivity contribution is -0.122. The number of nitrogens with zero attached hydrogens (tertiary/aromatic N) is 1. The molecule has 0 saturated heterocycles. The molecule has 5 nitrogen and oxygen atoms in total. The third kappa shape index (κ3) is 3.34. The van der Waals surface area contributed by atoms with E-state index in [0.717, 1.165) is 69.0 Å². The first kappa shape index (κ1) is 17.0. The minimum Gasteiger partial charge on any atom is -0.312 e. The number of carbonyl (C=O) groups is 1. The predicted octanol–water partition coefficient (Wildman–Crippen LogP) is 2.99. The normalized spacial score (nSPS) is 21.8. The summed E-state index contributed by atoms with van der Waals surface area (Å²) in [6, 6.07) is 5.29. The molecular formula is C19H26N2O3S. The van der Waals surface area contributed by atoms with Crippen molar-refractivity contribution in [1.29, 1.82) is 0 Å². The fourth-order valence-corrected chi connectivity index (χ4v) is 5.85. The number of benzene rings is 1. The number of carbonyl (C=O) groups excluding carboxylic acids is 1. The second-order valence-electron chi connectivity index (χ2n) is 7.61. The summed E-state index contributed by atoms with van der Waals surface area (Å²) in [4.78, 5) is 14.9. The van der Waals surface area contributed by atoms with Gasteiger partial charge in [-0.25, -0.2) is 13.1 Å². The van der Waals surface area contributed by atoms with Crippen LogP contribution >= 0.6 is 0 Å². The lowest BCUT2D eigenvalue weighted by Crippen LogP contribution is -2.34. The third-order valence-electron chi connectivity index (χ3n) is 5.90. The molecule has 1 aromatic rings. The van der Waals surface area contributed by atoms with Gasteiger partial charge in [0.25, 0.3) is 0 Å². The molecule has 0 unspecified atom stereocenters. The maximum absolute atomic E-state index is 12.7. The second-order valence-corrected chi connectivity index (χ2v) is 9.33. The zero-order valence-corrected chi connectivity index (χ0v) is 15.4. The number of nitrogens with one attached hydrogen (secondary N) is 1. The van der Waals surface area contributed by atoms with E-state index in [2.05, 4.69) is 4.72 Å². The maximum Gasteiger partial charge on any atom is 0.240 e. The maximum atomic E-state index is 12.7. The summed E-state index contributed by atoms with van der Waals surface area (Å²) in [5.74, 6) is 0.370. The van der Waals surface area contributed by atoms with Gasteiger partial charge >= 0.3 is 0 Å². The highest BCUT2D eigenvalue weighted by Gasteiger charge is 2.32. The van der Waals surface area contributed by atoms with Crippen LogP contribution in [0, 0.1) is 5.92 Å². The average molecular weight is 362 g/mol. The van der Waals surface area contributed by atoms with Crippen LogP contribution in [-0.2, 0) is 21.2 Å². The van der Waals surface area contributed by atoms with E-state index in [-0.39, 0.29) is 17.9 Å². The number of fused-ring (bicyclic) bond motifs is 1. The van der Waals surface area contributed by atoms with Gasteiger partial charge in [0.2, 0.25) is 15.9 Å². The van der Waals surface area contributed by atoms with E-state index in [9.17, 15) is 13.2 Å². The molecule has 0 aromatic heterocycles. The molecule has 6 heteroatoms. The summed E-state index contributed by atoms with van der Waals surface area (Å²) in [7, 11) is -3.47. The Bertz CT molecular complexity index is 763. The van der Waals surface area contributed by atoms with Crippen LogP contribution in [0.15, 0.2) is 23.1 Å². The molecule has 0 spiro atoms. The first-order chi connectivity index (χ1) is 12.0. The van der Waals surface area contributed by atoms with Crippen LogP contribution in [-0.4, -0.2) is 26.9 Å². The number of sulfonamides is 1. The number of amides is 1. The van der Waals surface area contributed by atoms with Gasteiger partial charge in [-0.2, -0.15) is 0 Å². The first-order valence-electron chi connectivity index (χ1n) is 9.51. The Balaban J connectivity index is 1.53. The molecule has 2 fully saturated rings. The topological polar surface area (TPSA) is 66.5 Å². The van der Waals surface area contributed by atoms with Crippen LogP contribution in [0.4, 0.5) is 5.69 Å². The zero-order valence-electron chi connectivity index (χ0n) is 14.5. The molecule has 0 bridgehead atoms. The molecular weight excluding hydrogens is 336 g/mol. The summed E-state index contributed by atoms with van der Waals surface area (Å²) >= 11 is 0. The first-order valence-corrected chi connectivity index (χ1v) is 11.0. The van der Waals surface area contributed by atoms with Crippen LogP contribution in [0.25, 0.3) is 0 Å². The SMILES string of the molecule is O=C(C1CCCC1)N1CCc2cc(S(=O)(=O)NC3CCCC3)ccc21. The van der Waals surface area contributed by atoms with Gasteiger partial charge in [-0.15, -0.1) is 0 Å². The molecule has 3 aliphatic rings. The van der Waals surface area contributed by atoms with Gasteiger partial charge in [0.1, 0.15) is 0 Å². The zero-order chi connectivity index (χ0) is 17.4. The molecule has 1 aromatic carbocycles. The van der Waals surface area contributed by atoms with Crippen molar-refractivity contribution in [3.63, 3.8) is 0 Å². The highest BCUT2D eigenvalue weighted by Crippen LogP contribution is 2.34. The van der Waals surface area contributed by atoms with Gasteiger partial charge in [-0.1, -0.05) is 25.7 Å². The Morgan fingerprint density at radius 3 is 2.44 bits per heavy atom. The second kappa shape index (κ2) is 6.72. The van der Waals surface area contributed by atoms with E-state index in [1.807, 2.05) is 11.0 Å². The standard InChI is InChI=1S/C19H26N2O3S/c22-19(14-5-1-2-6-14)21-12-11-15-13-17(9-10-18(15)21)25(23,24)20-16-7-3-4-8-16/h9-10,13-14,16,20H,1-8,11-12H2. The quantitative estimate of drug-likeness (QED) is 0.895. The summed E-state index contributed by atoms with van der Waals surface area (Å²) in [6.45, 7) is 0.671. The van der Waals surface area contributed by atoms with Gasteiger partial charge < -0.3 is 4.90 Å². The summed E-state index contributed by atoms with van der Waals surface area (Å²) < 4.78 is 28.1. The van der Waals surface area contributed by atoms with Crippen molar-refractivity contribution in [2.24, 2.45) is 5.92 Å². The lowest BCUT2D eigenvalue weighted by atomic mass is 10.1. The van der Waals surface area contributed by atoms with Gasteiger partial charge in [-0.05, 0) is 55.9 Å². The molecule has 2 aliphatic carbocycles. The van der Waals surface area contributed by atoms with Gasteiger partial charge in [0, 0.05) is 24.2 Å².